The standard InChI is InChI=1S/C14H27N3O2.ClH/c18-14(5-4-13-3-1-2-12-19-13)16-8-11-17-9-6-15-7-10-17;/h13,15H,1-12H2,(H,16,18);1H. The van der Waals surface area contributed by atoms with Crippen molar-refractivity contribution in [1.29, 1.82) is 0 Å². The first-order valence-electron chi connectivity index (χ1n) is 7.66. The Hall–Kier alpha value is -0.360. The van der Waals surface area contributed by atoms with Crippen LogP contribution in [0.5, 0.6) is 0 Å². The van der Waals surface area contributed by atoms with Gasteiger partial charge in [0.2, 0.25) is 5.91 Å². The first kappa shape index (κ1) is 17.7. The number of nitrogens with one attached hydrogen (secondary N) is 2. The number of carbonyl (C=O) groups is 1. The van der Waals surface area contributed by atoms with Crippen molar-refractivity contribution in [2.24, 2.45) is 0 Å². The molecule has 0 saturated carbocycles. The summed E-state index contributed by atoms with van der Waals surface area (Å²) in [7, 11) is 0. The van der Waals surface area contributed by atoms with Crippen LogP contribution in [-0.4, -0.2) is 62.8 Å². The summed E-state index contributed by atoms with van der Waals surface area (Å²) in [4.78, 5) is 14.1. The molecule has 2 N–H and O–H groups in total. The highest BCUT2D eigenvalue weighted by atomic mass is 35.5. The molecule has 2 aliphatic rings. The lowest BCUT2D eigenvalue weighted by atomic mass is 10.0. The Morgan fingerprint density at radius 3 is 2.80 bits per heavy atom. The molecule has 20 heavy (non-hydrogen) atoms. The maximum atomic E-state index is 11.7. The molecule has 0 aromatic heterocycles. The fourth-order valence-electron chi connectivity index (χ4n) is 2.70. The number of amides is 1. The summed E-state index contributed by atoms with van der Waals surface area (Å²) in [5, 5.41) is 6.34. The van der Waals surface area contributed by atoms with Gasteiger partial charge in [0.25, 0.3) is 0 Å². The number of carbonyl (C=O) groups excluding carboxylic acids is 1. The third kappa shape index (κ3) is 6.88. The number of halogens is 1. The fourth-order valence-corrected chi connectivity index (χ4v) is 2.70. The lowest BCUT2D eigenvalue weighted by Gasteiger charge is -2.27. The Morgan fingerprint density at radius 1 is 1.30 bits per heavy atom. The average molecular weight is 306 g/mol. The van der Waals surface area contributed by atoms with Crippen LogP contribution in [0.4, 0.5) is 0 Å². The molecule has 2 aliphatic heterocycles. The van der Waals surface area contributed by atoms with E-state index in [4.69, 9.17) is 4.74 Å². The van der Waals surface area contributed by atoms with Gasteiger partial charge in [-0.05, 0) is 25.7 Å². The van der Waals surface area contributed by atoms with Gasteiger partial charge < -0.3 is 15.4 Å². The summed E-state index contributed by atoms with van der Waals surface area (Å²) in [6.45, 7) is 6.91. The highest BCUT2D eigenvalue weighted by Gasteiger charge is 2.15. The van der Waals surface area contributed by atoms with Crippen molar-refractivity contribution in [3.8, 4) is 0 Å². The summed E-state index contributed by atoms with van der Waals surface area (Å²) in [5.41, 5.74) is 0. The highest BCUT2D eigenvalue weighted by molar-refractivity contribution is 5.85. The van der Waals surface area contributed by atoms with Gasteiger partial charge in [0.15, 0.2) is 0 Å². The Kier molecular flexibility index (Phi) is 9.18. The van der Waals surface area contributed by atoms with E-state index >= 15 is 0 Å². The molecule has 6 heteroatoms. The zero-order valence-electron chi connectivity index (χ0n) is 12.2. The molecule has 0 aliphatic carbocycles. The van der Waals surface area contributed by atoms with Gasteiger partial charge in [-0.3, -0.25) is 9.69 Å². The first-order valence-corrected chi connectivity index (χ1v) is 7.66. The van der Waals surface area contributed by atoms with Gasteiger partial charge >= 0.3 is 0 Å². The number of rotatable bonds is 6. The van der Waals surface area contributed by atoms with Crippen molar-refractivity contribution >= 4 is 18.3 Å². The number of nitrogens with zero attached hydrogens (tertiary/aromatic N) is 1. The molecule has 5 nitrogen and oxygen atoms in total. The van der Waals surface area contributed by atoms with E-state index in [2.05, 4.69) is 15.5 Å². The SMILES string of the molecule is Cl.O=C(CCC1CCCCO1)NCCN1CCNCC1. The Labute approximate surface area is 128 Å². The van der Waals surface area contributed by atoms with Gasteiger partial charge in [-0.1, -0.05) is 0 Å². The molecular formula is C14H28ClN3O2. The van der Waals surface area contributed by atoms with Crippen molar-refractivity contribution in [3.63, 3.8) is 0 Å². The molecule has 0 bridgehead atoms. The van der Waals surface area contributed by atoms with E-state index in [1.807, 2.05) is 0 Å². The van der Waals surface area contributed by atoms with Crippen LogP contribution >= 0.6 is 12.4 Å². The molecule has 2 rings (SSSR count). The summed E-state index contributed by atoms with van der Waals surface area (Å²) in [6, 6.07) is 0. The molecule has 2 fully saturated rings. The topological polar surface area (TPSA) is 53.6 Å². The maximum absolute atomic E-state index is 11.7. The van der Waals surface area contributed by atoms with Crippen molar-refractivity contribution in [2.75, 3.05) is 45.9 Å². The van der Waals surface area contributed by atoms with Crippen LogP contribution in [-0.2, 0) is 9.53 Å². The summed E-state index contributed by atoms with van der Waals surface area (Å²) < 4.78 is 5.63. The summed E-state index contributed by atoms with van der Waals surface area (Å²) in [6.07, 6.45) is 5.33. The lowest BCUT2D eigenvalue weighted by Crippen LogP contribution is -2.46. The summed E-state index contributed by atoms with van der Waals surface area (Å²) in [5.74, 6) is 0.171. The van der Waals surface area contributed by atoms with Gasteiger partial charge in [-0.25, -0.2) is 0 Å². The lowest BCUT2D eigenvalue weighted by molar-refractivity contribution is -0.122. The Bertz CT molecular complexity index is 267. The molecule has 1 atom stereocenters. The average Bonchev–Trinajstić information content (AvgIpc) is 2.47. The van der Waals surface area contributed by atoms with Crippen LogP contribution in [0, 0.1) is 0 Å². The van der Waals surface area contributed by atoms with Crippen LogP contribution < -0.4 is 10.6 Å². The normalized spacial score (nSPS) is 23.9. The molecule has 0 aromatic rings. The predicted molar refractivity (Wildman–Crippen MR) is 82.4 cm³/mol. The van der Waals surface area contributed by atoms with Gasteiger partial charge in [0.1, 0.15) is 0 Å². The molecule has 1 unspecified atom stereocenters. The molecule has 118 valence electrons. The van der Waals surface area contributed by atoms with Crippen LogP contribution in [0.1, 0.15) is 32.1 Å². The minimum atomic E-state index is 0. The minimum Gasteiger partial charge on any atom is -0.378 e. The van der Waals surface area contributed by atoms with E-state index < -0.39 is 0 Å². The summed E-state index contributed by atoms with van der Waals surface area (Å²) >= 11 is 0. The quantitative estimate of drug-likeness (QED) is 0.761. The van der Waals surface area contributed by atoms with Crippen LogP contribution in [0.2, 0.25) is 0 Å². The number of hydrogen-bond donors (Lipinski definition) is 2. The van der Waals surface area contributed by atoms with Crippen LogP contribution in [0.25, 0.3) is 0 Å². The zero-order chi connectivity index (χ0) is 13.3. The van der Waals surface area contributed by atoms with E-state index in [0.29, 0.717) is 12.5 Å². The van der Waals surface area contributed by atoms with E-state index in [0.717, 1.165) is 58.7 Å². The molecule has 1 amide bonds. The monoisotopic (exact) mass is 305 g/mol. The predicted octanol–water partition coefficient (Wildman–Crippen LogP) is 0.779. The van der Waals surface area contributed by atoms with Crippen LogP contribution in [0.3, 0.4) is 0 Å². The molecule has 0 aromatic carbocycles. The third-order valence-electron chi connectivity index (χ3n) is 3.93. The fraction of sp³-hybridized carbons (Fsp3) is 0.929. The second-order valence-corrected chi connectivity index (χ2v) is 5.47. The molecule has 0 radical (unpaired) electrons. The van der Waals surface area contributed by atoms with Gasteiger partial charge in [0.05, 0.1) is 6.10 Å². The van der Waals surface area contributed by atoms with Crippen molar-refractivity contribution < 1.29 is 9.53 Å². The Morgan fingerprint density at radius 2 is 2.10 bits per heavy atom. The van der Waals surface area contributed by atoms with E-state index in [-0.39, 0.29) is 18.3 Å². The third-order valence-corrected chi connectivity index (χ3v) is 3.93. The van der Waals surface area contributed by atoms with E-state index in [9.17, 15) is 4.79 Å². The molecular weight excluding hydrogens is 278 g/mol. The van der Waals surface area contributed by atoms with Crippen LogP contribution in [0.15, 0.2) is 0 Å². The molecule has 0 spiro atoms. The van der Waals surface area contributed by atoms with Gasteiger partial charge in [-0.2, -0.15) is 0 Å². The largest absolute Gasteiger partial charge is 0.378 e. The first-order chi connectivity index (χ1) is 9.34. The van der Waals surface area contributed by atoms with Gasteiger partial charge in [-0.15, -0.1) is 12.4 Å². The smallest absolute Gasteiger partial charge is 0.220 e. The minimum absolute atomic E-state index is 0. The molecule has 2 saturated heterocycles. The Balaban J connectivity index is 0.00000200. The van der Waals surface area contributed by atoms with Crippen molar-refractivity contribution in [2.45, 2.75) is 38.2 Å². The highest BCUT2D eigenvalue weighted by Crippen LogP contribution is 2.16. The van der Waals surface area contributed by atoms with E-state index in [1.165, 1.54) is 12.8 Å². The second kappa shape index (κ2) is 10.4. The zero-order valence-corrected chi connectivity index (χ0v) is 13.1. The number of piperazine rings is 1. The van der Waals surface area contributed by atoms with Gasteiger partial charge in [0, 0.05) is 52.3 Å². The maximum Gasteiger partial charge on any atom is 0.220 e. The van der Waals surface area contributed by atoms with Crippen molar-refractivity contribution in [3.05, 3.63) is 0 Å². The van der Waals surface area contributed by atoms with E-state index in [1.54, 1.807) is 0 Å². The number of hydrogen-bond acceptors (Lipinski definition) is 4. The van der Waals surface area contributed by atoms with Crippen molar-refractivity contribution in [1.82, 2.24) is 15.5 Å². The number of ether oxygens (including phenoxy) is 1. The molecule has 2 heterocycles. The second-order valence-electron chi connectivity index (χ2n) is 5.47.